The highest BCUT2D eigenvalue weighted by molar-refractivity contribution is 8.00. The minimum Gasteiger partial charge on any atom is -0.341 e. The van der Waals surface area contributed by atoms with Crippen molar-refractivity contribution in [2.75, 3.05) is 13.1 Å². The smallest absolute Gasteiger partial charge is 0.332 e. The van der Waals surface area contributed by atoms with Gasteiger partial charge >= 0.3 is 5.69 Å². The van der Waals surface area contributed by atoms with Crippen LogP contribution in [0.4, 0.5) is 0 Å². The van der Waals surface area contributed by atoms with Gasteiger partial charge in [0.25, 0.3) is 5.56 Å². The summed E-state index contributed by atoms with van der Waals surface area (Å²) in [6, 6.07) is 0. The van der Waals surface area contributed by atoms with Gasteiger partial charge in [-0.05, 0) is 25.7 Å². The van der Waals surface area contributed by atoms with Crippen LogP contribution in [0.2, 0.25) is 0 Å². The summed E-state index contributed by atoms with van der Waals surface area (Å²) < 4.78 is 2.43. The third-order valence-corrected chi connectivity index (χ3v) is 6.62. The maximum absolute atomic E-state index is 13.1. The van der Waals surface area contributed by atoms with E-state index in [0.29, 0.717) is 22.4 Å². The van der Waals surface area contributed by atoms with Gasteiger partial charge < -0.3 is 4.90 Å². The third-order valence-electron chi connectivity index (χ3n) is 5.54. The molecule has 0 radical (unpaired) electrons. The molecule has 0 saturated carbocycles. The summed E-state index contributed by atoms with van der Waals surface area (Å²) in [4.78, 5) is 49.6. The van der Waals surface area contributed by atoms with Gasteiger partial charge in [0.1, 0.15) is 16.2 Å². The van der Waals surface area contributed by atoms with Crippen LogP contribution in [-0.2, 0) is 24.3 Å². The molecule has 3 heterocycles. The summed E-state index contributed by atoms with van der Waals surface area (Å²) in [5, 5.41) is 0.333. The number of fused-ring (bicyclic) bond motifs is 1. The first-order valence-electron chi connectivity index (χ1n) is 10.4. The van der Waals surface area contributed by atoms with Gasteiger partial charge in [0.2, 0.25) is 5.91 Å². The number of hydrogen-bond donors (Lipinski definition) is 0. The van der Waals surface area contributed by atoms with E-state index in [1.165, 1.54) is 23.4 Å². The van der Waals surface area contributed by atoms with Crippen LogP contribution in [0.25, 0.3) is 11.0 Å². The number of amides is 1. The Balaban J connectivity index is 2.11. The molecule has 1 amide bonds. The van der Waals surface area contributed by atoms with Crippen LogP contribution in [0.3, 0.4) is 0 Å². The number of hydrogen-bond acceptors (Lipinski definition) is 6. The topological polar surface area (TPSA) is 90.1 Å². The molecule has 2 atom stereocenters. The second-order valence-corrected chi connectivity index (χ2v) is 10.6. The van der Waals surface area contributed by atoms with Gasteiger partial charge in [0.05, 0.1) is 5.25 Å². The fourth-order valence-electron chi connectivity index (χ4n) is 3.71. The van der Waals surface area contributed by atoms with Gasteiger partial charge in [-0.3, -0.25) is 18.7 Å². The van der Waals surface area contributed by atoms with E-state index in [-0.39, 0.29) is 16.7 Å². The van der Waals surface area contributed by atoms with Gasteiger partial charge in [-0.15, -0.1) is 0 Å². The highest BCUT2D eigenvalue weighted by atomic mass is 32.2. The fraction of sp³-hybridized carbons (Fsp3) is 0.667. The molecule has 164 valence electrons. The predicted molar refractivity (Wildman–Crippen MR) is 119 cm³/mol. The zero-order chi connectivity index (χ0) is 22.4. The van der Waals surface area contributed by atoms with Crippen molar-refractivity contribution in [2.24, 2.45) is 20.0 Å². The van der Waals surface area contributed by atoms with E-state index in [9.17, 15) is 14.4 Å². The van der Waals surface area contributed by atoms with Crippen LogP contribution in [0, 0.1) is 5.92 Å². The SMILES string of the molecule is C[C@H]1CCCN(C(=O)[C@@H](C)Sc2nc(C(C)(C)C)nc3c2c(=O)n(C)c(=O)n3C)C1. The van der Waals surface area contributed by atoms with E-state index in [1.807, 2.05) is 32.6 Å². The van der Waals surface area contributed by atoms with Gasteiger partial charge in [0.15, 0.2) is 5.65 Å². The number of rotatable bonds is 3. The highest BCUT2D eigenvalue weighted by Gasteiger charge is 2.29. The fourth-order valence-corrected chi connectivity index (χ4v) is 4.73. The van der Waals surface area contributed by atoms with Crippen molar-refractivity contribution in [1.29, 1.82) is 0 Å². The quantitative estimate of drug-likeness (QED) is 0.544. The minimum absolute atomic E-state index is 0.0530. The monoisotopic (exact) mass is 433 g/mol. The van der Waals surface area contributed by atoms with Gasteiger partial charge in [-0.1, -0.05) is 39.5 Å². The first-order valence-corrected chi connectivity index (χ1v) is 11.2. The molecule has 0 aliphatic carbocycles. The maximum atomic E-state index is 13.1. The van der Waals surface area contributed by atoms with Crippen LogP contribution in [0.5, 0.6) is 0 Å². The molecule has 3 rings (SSSR count). The molecule has 2 aromatic rings. The molecular formula is C21H31N5O3S. The Bertz CT molecular complexity index is 1100. The average Bonchev–Trinajstić information content (AvgIpc) is 2.68. The van der Waals surface area contributed by atoms with Crippen LogP contribution < -0.4 is 11.2 Å². The molecule has 0 spiro atoms. The minimum atomic E-state index is -0.442. The van der Waals surface area contributed by atoms with Gasteiger partial charge in [-0.25, -0.2) is 14.8 Å². The Kier molecular flexibility index (Phi) is 6.13. The molecule has 2 aromatic heterocycles. The molecule has 0 N–H and O–H groups in total. The number of carbonyl (C=O) groups is 1. The summed E-state index contributed by atoms with van der Waals surface area (Å²) in [7, 11) is 3.04. The summed E-state index contributed by atoms with van der Waals surface area (Å²) in [5.41, 5.74) is -0.955. The molecule has 0 aromatic carbocycles. The van der Waals surface area contributed by atoms with Crippen molar-refractivity contribution in [2.45, 2.75) is 63.2 Å². The second-order valence-electron chi connectivity index (χ2n) is 9.30. The van der Waals surface area contributed by atoms with E-state index in [4.69, 9.17) is 0 Å². The Morgan fingerprint density at radius 2 is 1.83 bits per heavy atom. The lowest BCUT2D eigenvalue weighted by Gasteiger charge is -2.32. The highest BCUT2D eigenvalue weighted by Crippen LogP contribution is 2.31. The maximum Gasteiger partial charge on any atom is 0.332 e. The summed E-state index contributed by atoms with van der Waals surface area (Å²) >= 11 is 1.27. The van der Waals surface area contributed by atoms with E-state index in [1.54, 1.807) is 7.05 Å². The summed E-state index contributed by atoms with van der Waals surface area (Å²) in [6.07, 6.45) is 2.15. The lowest BCUT2D eigenvalue weighted by Crippen LogP contribution is -2.43. The van der Waals surface area contributed by atoms with Crippen LogP contribution in [0.15, 0.2) is 14.6 Å². The number of aryl methyl sites for hydroxylation is 1. The lowest BCUT2D eigenvalue weighted by atomic mass is 9.96. The molecule has 1 saturated heterocycles. The van der Waals surface area contributed by atoms with E-state index < -0.39 is 16.5 Å². The number of likely N-dealkylation sites (tertiary alicyclic amines) is 1. The molecule has 9 heteroatoms. The van der Waals surface area contributed by atoms with Crippen molar-refractivity contribution in [3.05, 3.63) is 26.7 Å². The molecule has 30 heavy (non-hydrogen) atoms. The van der Waals surface area contributed by atoms with Crippen LogP contribution >= 0.6 is 11.8 Å². The van der Waals surface area contributed by atoms with Crippen LogP contribution in [-0.4, -0.2) is 48.2 Å². The average molecular weight is 434 g/mol. The van der Waals surface area contributed by atoms with Crippen molar-refractivity contribution < 1.29 is 4.79 Å². The Morgan fingerprint density at radius 3 is 2.43 bits per heavy atom. The Hall–Kier alpha value is -2.16. The zero-order valence-corrected chi connectivity index (χ0v) is 19.7. The molecule has 1 fully saturated rings. The Labute approximate surface area is 180 Å². The van der Waals surface area contributed by atoms with E-state index in [2.05, 4.69) is 16.9 Å². The van der Waals surface area contributed by atoms with Crippen molar-refractivity contribution in [1.82, 2.24) is 24.0 Å². The molecule has 1 aliphatic rings. The second kappa shape index (κ2) is 8.17. The molecule has 0 unspecified atom stereocenters. The van der Waals surface area contributed by atoms with E-state index >= 15 is 0 Å². The number of piperidine rings is 1. The normalized spacial score (nSPS) is 18.6. The number of aromatic nitrogens is 4. The standard InChI is InChI=1S/C21H31N5O3S/c1-12-9-8-10-26(11-12)17(27)13(2)30-16-14-15(22-19(23-16)21(3,4)5)24(6)20(29)25(7)18(14)28/h12-13H,8-11H2,1-7H3/t12-,13+/m0/s1. The van der Waals surface area contributed by atoms with Crippen molar-refractivity contribution >= 4 is 28.7 Å². The number of carbonyl (C=O) groups excluding carboxylic acids is 1. The van der Waals surface area contributed by atoms with Crippen molar-refractivity contribution in [3.63, 3.8) is 0 Å². The summed E-state index contributed by atoms with van der Waals surface area (Å²) in [6.45, 7) is 11.5. The summed E-state index contributed by atoms with van der Waals surface area (Å²) in [5.74, 6) is 1.08. The van der Waals surface area contributed by atoms with Crippen LogP contribution in [0.1, 0.15) is 53.3 Å². The number of thioether (sulfide) groups is 1. The third kappa shape index (κ3) is 4.17. The first-order chi connectivity index (χ1) is 13.9. The molecule has 1 aliphatic heterocycles. The Morgan fingerprint density at radius 1 is 1.17 bits per heavy atom. The predicted octanol–water partition coefficient (Wildman–Crippen LogP) is 2.06. The molecular weight excluding hydrogens is 402 g/mol. The first kappa shape index (κ1) is 22.5. The number of nitrogens with zero attached hydrogens (tertiary/aromatic N) is 5. The lowest BCUT2D eigenvalue weighted by molar-refractivity contribution is -0.131. The van der Waals surface area contributed by atoms with Crippen molar-refractivity contribution in [3.8, 4) is 0 Å². The largest absolute Gasteiger partial charge is 0.341 e. The molecule has 0 bridgehead atoms. The van der Waals surface area contributed by atoms with Gasteiger partial charge in [0, 0.05) is 32.6 Å². The van der Waals surface area contributed by atoms with E-state index in [0.717, 1.165) is 30.5 Å². The van der Waals surface area contributed by atoms with Gasteiger partial charge in [-0.2, -0.15) is 0 Å². The molecule has 8 nitrogen and oxygen atoms in total. The zero-order valence-electron chi connectivity index (χ0n) is 18.9.